The highest BCUT2D eigenvalue weighted by Gasteiger charge is 2.31. The molecule has 1 aromatic carbocycles. The van der Waals surface area contributed by atoms with Crippen molar-refractivity contribution in [3.05, 3.63) is 48.4 Å². The van der Waals surface area contributed by atoms with Gasteiger partial charge in [0.2, 0.25) is 0 Å². The number of halogens is 3. The minimum absolute atomic E-state index is 0.00357. The molecule has 3 aromatic rings. The second-order valence-electron chi connectivity index (χ2n) is 8.47. The molecule has 0 radical (unpaired) electrons. The van der Waals surface area contributed by atoms with Crippen molar-refractivity contribution in [3.8, 4) is 28.4 Å². The maximum absolute atomic E-state index is 12.7. The second kappa shape index (κ2) is 8.47. The quantitative estimate of drug-likeness (QED) is 0.556. The van der Waals surface area contributed by atoms with Gasteiger partial charge in [0.25, 0.3) is 5.91 Å². The smallest absolute Gasteiger partial charge is 0.406 e. The summed E-state index contributed by atoms with van der Waals surface area (Å²) >= 11 is 0. The van der Waals surface area contributed by atoms with E-state index in [4.69, 9.17) is 0 Å². The molecule has 0 spiro atoms. The van der Waals surface area contributed by atoms with E-state index >= 15 is 0 Å². The van der Waals surface area contributed by atoms with Gasteiger partial charge < -0.3 is 15.2 Å². The molecular weight excluding hydrogens is 439 g/mol. The number of alkyl halides is 3. The normalized spacial score (nSPS) is 14.2. The van der Waals surface area contributed by atoms with Crippen LogP contribution in [-0.2, 0) is 0 Å². The van der Waals surface area contributed by atoms with Crippen molar-refractivity contribution in [1.29, 1.82) is 0 Å². The minimum atomic E-state index is -4.79. The molecule has 1 saturated carbocycles. The van der Waals surface area contributed by atoms with Gasteiger partial charge >= 0.3 is 6.36 Å². The minimum Gasteiger partial charge on any atom is -0.406 e. The van der Waals surface area contributed by atoms with E-state index in [1.807, 2.05) is 4.68 Å². The van der Waals surface area contributed by atoms with Crippen molar-refractivity contribution < 1.29 is 27.8 Å². The lowest BCUT2D eigenvalue weighted by atomic mass is 10.1. The summed E-state index contributed by atoms with van der Waals surface area (Å²) < 4.78 is 43.1. The number of benzene rings is 1. The van der Waals surface area contributed by atoms with Crippen molar-refractivity contribution in [2.45, 2.75) is 44.7 Å². The van der Waals surface area contributed by atoms with Crippen molar-refractivity contribution in [3.63, 3.8) is 0 Å². The zero-order valence-electron chi connectivity index (χ0n) is 17.9. The predicted octanol–water partition coefficient (Wildman–Crippen LogP) is 3.74. The number of amides is 1. The largest absolute Gasteiger partial charge is 0.573 e. The highest BCUT2D eigenvalue weighted by atomic mass is 19.4. The number of hydrogen-bond acceptors (Lipinski definition) is 6. The average molecular weight is 461 g/mol. The van der Waals surface area contributed by atoms with E-state index in [1.165, 1.54) is 30.3 Å². The Hall–Kier alpha value is -3.47. The average Bonchev–Trinajstić information content (AvgIpc) is 3.47. The molecule has 11 heteroatoms. The van der Waals surface area contributed by atoms with Gasteiger partial charge in [0.05, 0.1) is 29.1 Å². The van der Waals surface area contributed by atoms with Gasteiger partial charge in [-0.25, -0.2) is 9.97 Å². The second-order valence-corrected chi connectivity index (χ2v) is 8.47. The molecule has 0 bridgehead atoms. The molecule has 2 aromatic heterocycles. The van der Waals surface area contributed by atoms with Crippen LogP contribution < -0.4 is 10.1 Å². The lowest BCUT2D eigenvalue weighted by Crippen LogP contribution is -2.38. The van der Waals surface area contributed by atoms with Gasteiger partial charge in [-0.3, -0.25) is 9.48 Å². The SMILES string of the molecule is CC(C)(O)CNC(=O)c1cc(-c2ccc(OC(F)(F)F)cc2)nc(-c2cnn(C3CC3)c2)n1. The topological polar surface area (TPSA) is 102 Å². The highest BCUT2D eigenvalue weighted by molar-refractivity contribution is 5.93. The van der Waals surface area contributed by atoms with E-state index in [0.29, 0.717) is 22.9 Å². The van der Waals surface area contributed by atoms with Gasteiger partial charge in [-0.05, 0) is 57.0 Å². The molecule has 1 aliphatic carbocycles. The van der Waals surface area contributed by atoms with E-state index in [9.17, 15) is 23.1 Å². The van der Waals surface area contributed by atoms with Crippen LogP contribution in [0.25, 0.3) is 22.6 Å². The van der Waals surface area contributed by atoms with Gasteiger partial charge in [-0.2, -0.15) is 5.10 Å². The molecule has 1 amide bonds. The standard InChI is InChI=1S/C22H22F3N5O3/c1-21(2,32)12-26-20(31)18-9-17(13-3-7-16(8-4-13)33-22(23,24)25)28-19(29-18)14-10-27-30(11-14)15-5-6-15/h3-4,7-11,15,32H,5-6,12H2,1-2H3,(H,26,31). The van der Waals surface area contributed by atoms with Gasteiger partial charge in [0.15, 0.2) is 5.82 Å². The van der Waals surface area contributed by atoms with Crippen LogP contribution in [0.1, 0.15) is 43.2 Å². The summed E-state index contributed by atoms with van der Waals surface area (Å²) in [6, 6.07) is 6.96. The van der Waals surface area contributed by atoms with E-state index in [1.54, 1.807) is 26.2 Å². The molecule has 0 atom stereocenters. The number of hydrogen-bond donors (Lipinski definition) is 2. The summed E-state index contributed by atoms with van der Waals surface area (Å²) in [5.74, 6) is -0.633. The number of nitrogens with zero attached hydrogens (tertiary/aromatic N) is 4. The third kappa shape index (κ3) is 6.07. The Kier molecular flexibility index (Phi) is 5.83. The Morgan fingerprint density at radius 3 is 2.48 bits per heavy atom. The first-order chi connectivity index (χ1) is 15.5. The summed E-state index contributed by atoms with van der Waals surface area (Å²) in [5.41, 5.74) is 0.352. The molecule has 33 heavy (non-hydrogen) atoms. The number of carbonyl (C=O) groups is 1. The van der Waals surface area contributed by atoms with Gasteiger partial charge in [0.1, 0.15) is 11.4 Å². The first-order valence-electron chi connectivity index (χ1n) is 10.3. The van der Waals surface area contributed by atoms with Crippen LogP contribution in [0.5, 0.6) is 5.75 Å². The number of ether oxygens (including phenoxy) is 1. The Labute approximate surface area is 187 Å². The van der Waals surface area contributed by atoms with Gasteiger partial charge in [-0.15, -0.1) is 13.2 Å². The Morgan fingerprint density at radius 1 is 1.18 bits per heavy atom. The van der Waals surface area contributed by atoms with Crippen LogP contribution in [0.2, 0.25) is 0 Å². The van der Waals surface area contributed by atoms with Crippen molar-refractivity contribution in [2.75, 3.05) is 6.54 Å². The maximum atomic E-state index is 12.7. The first kappa shape index (κ1) is 22.7. The van der Waals surface area contributed by atoms with Gasteiger partial charge in [-0.1, -0.05) is 0 Å². The van der Waals surface area contributed by atoms with Crippen LogP contribution in [0.4, 0.5) is 13.2 Å². The lowest BCUT2D eigenvalue weighted by Gasteiger charge is -2.17. The fourth-order valence-corrected chi connectivity index (χ4v) is 3.05. The third-order valence-electron chi connectivity index (χ3n) is 4.80. The van der Waals surface area contributed by atoms with E-state index in [-0.39, 0.29) is 23.8 Å². The number of rotatable bonds is 7. The fraction of sp³-hybridized carbons (Fsp3) is 0.364. The van der Waals surface area contributed by atoms with E-state index < -0.39 is 17.9 Å². The van der Waals surface area contributed by atoms with Crippen LogP contribution in [0.15, 0.2) is 42.7 Å². The fourth-order valence-electron chi connectivity index (χ4n) is 3.05. The molecule has 0 saturated heterocycles. The highest BCUT2D eigenvalue weighted by Crippen LogP contribution is 2.35. The van der Waals surface area contributed by atoms with Crippen molar-refractivity contribution in [2.24, 2.45) is 0 Å². The zero-order valence-corrected chi connectivity index (χ0v) is 17.9. The summed E-state index contributed by atoms with van der Waals surface area (Å²) in [7, 11) is 0. The monoisotopic (exact) mass is 461 g/mol. The van der Waals surface area contributed by atoms with E-state index in [0.717, 1.165) is 12.8 Å². The number of carbonyl (C=O) groups excluding carboxylic acids is 1. The Bertz CT molecular complexity index is 1150. The van der Waals surface area contributed by atoms with Crippen molar-refractivity contribution >= 4 is 5.91 Å². The molecule has 2 heterocycles. The number of aliphatic hydroxyl groups is 1. The number of aromatic nitrogens is 4. The van der Waals surface area contributed by atoms with Crippen LogP contribution in [0.3, 0.4) is 0 Å². The van der Waals surface area contributed by atoms with Crippen LogP contribution in [-0.4, -0.2) is 49.3 Å². The molecule has 2 N–H and O–H groups in total. The maximum Gasteiger partial charge on any atom is 0.573 e. The first-order valence-corrected chi connectivity index (χ1v) is 10.3. The molecule has 1 fully saturated rings. The zero-order chi connectivity index (χ0) is 23.8. The lowest BCUT2D eigenvalue weighted by molar-refractivity contribution is -0.274. The van der Waals surface area contributed by atoms with E-state index in [2.05, 4.69) is 25.1 Å². The van der Waals surface area contributed by atoms with Crippen LogP contribution >= 0.6 is 0 Å². The summed E-state index contributed by atoms with van der Waals surface area (Å²) in [4.78, 5) is 21.6. The van der Waals surface area contributed by atoms with Crippen LogP contribution in [0, 0.1) is 0 Å². The molecule has 8 nitrogen and oxygen atoms in total. The molecular formula is C22H22F3N5O3. The van der Waals surface area contributed by atoms with Gasteiger partial charge in [0, 0.05) is 18.3 Å². The number of nitrogens with one attached hydrogen (secondary N) is 1. The molecule has 174 valence electrons. The Morgan fingerprint density at radius 2 is 1.88 bits per heavy atom. The summed E-state index contributed by atoms with van der Waals surface area (Å²) in [6.07, 6.45) is 0.695. The Balaban J connectivity index is 1.68. The predicted molar refractivity (Wildman–Crippen MR) is 112 cm³/mol. The molecule has 4 rings (SSSR count). The molecule has 0 aliphatic heterocycles. The third-order valence-corrected chi connectivity index (χ3v) is 4.80. The summed E-state index contributed by atoms with van der Waals surface area (Å²) in [5, 5.41) is 16.8. The van der Waals surface area contributed by atoms with Crippen molar-refractivity contribution in [1.82, 2.24) is 25.1 Å². The molecule has 0 unspecified atom stereocenters. The molecule has 1 aliphatic rings. The summed E-state index contributed by atoms with van der Waals surface area (Å²) in [6.45, 7) is 3.12.